The largest absolute Gasteiger partial charge is 0.340 e. The van der Waals surface area contributed by atoms with Crippen LogP contribution in [-0.4, -0.2) is 27.0 Å². The molecule has 3 heterocycles. The summed E-state index contributed by atoms with van der Waals surface area (Å²) in [5, 5.41) is 8.12. The predicted octanol–water partition coefficient (Wildman–Crippen LogP) is 7.67. The first-order chi connectivity index (χ1) is 19.3. The maximum atomic E-state index is 13.1. The number of halogens is 2. The Hall–Kier alpha value is -3.96. The summed E-state index contributed by atoms with van der Waals surface area (Å²) in [5.74, 6) is 4.61. The molecule has 1 aliphatic carbocycles. The van der Waals surface area contributed by atoms with E-state index in [2.05, 4.69) is 32.4 Å². The summed E-state index contributed by atoms with van der Waals surface area (Å²) in [4.78, 5) is 22.7. The fourth-order valence-corrected chi connectivity index (χ4v) is 6.80. The maximum Gasteiger partial charge on any atom is 0.250 e. The minimum atomic E-state index is -2.51. The van der Waals surface area contributed by atoms with Crippen molar-refractivity contribution in [3.8, 4) is 11.8 Å². The van der Waals surface area contributed by atoms with Crippen LogP contribution in [0.25, 0.3) is 10.8 Å². The van der Waals surface area contributed by atoms with Crippen LogP contribution in [0, 0.1) is 11.8 Å². The van der Waals surface area contributed by atoms with E-state index >= 15 is 0 Å². The van der Waals surface area contributed by atoms with Crippen LogP contribution in [-0.2, 0) is 10.2 Å². The fourth-order valence-electron chi connectivity index (χ4n) is 5.47. The number of amides is 1. The van der Waals surface area contributed by atoms with Crippen molar-refractivity contribution in [2.24, 2.45) is 0 Å². The molecule has 1 aliphatic heterocycles. The van der Waals surface area contributed by atoms with Crippen molar-refractivity contribution in [1.82, 2.24) is 9.97 Å². The van der Waals surface area contributed by atoms with Gasteiger partial charge in [0.2, 0.25) is 11.8 Å². The molecule has 2 aromatic carbocycles. The summed E-state index contributed by atoms with van der Waals surface area (Å²) in [7, 11) is 0. The number of benzene rings is 2. The van der Waals surface area contributed by atoms with Crippen LogP contribution in [0.1, 0.15) is 56.4 Å². The van der Waals surface area contributed by atoms with Gasteiger partial charge in [0.05, 0.1) is 5.41 Å². The topological polar surface area (TPSA) is 66.9 Å². The zero-order valence-corrected chi connectivity index (χ0v) is 23.0. The van der Waals surface area contributed by atoms with E-state index in [1.54, 1.807) is 12.4 Å². The first-order valence-corrected chi connectivity index (χ1v) is 14.3. The molecule has 0 spiro atoms. The van der Waals surface area contributed by atoms with Crippen molar-refractivity contribution in [2.75, 3.05) is 10.6 Å². The number of anilines is 3. The molecule has 2 N–H and O–H groups in total. The Labute approximate surface area is 236 Å². The third kappa shape index (κ3) is 4.90. The monoisotopic (exact) mass is 554 g/mol. The van der Waals surface area contributed by atoms with Crippen LogP contribution in [0.3, 0.4) is 0 Å². The van der Waals surface area contributed by atoms with Crippen LogP contribution in [0.15, 0.2) is 71.9 Å². The van der Waals surface area contributed by atoms with Gasteiger partial charge in [0.1, 0.15) is 11.5 Å². The van der Waals surface area contributed by atoms with E-state index in [0.29, 0.717) is 11.5 Å². The van der Waals surface area contributed by atoms with E-state index in [0.717, 1.165) is 51.0 Å². The lowest BCUT2D eigenvalue weighted by molar-refractivity contribution is -0.121. The lowest BCUT2D eigenvalue weighted by atomic mass is 9.77. The van der Waals surface area contributed by atoms with Gasteiger partial charge in [-0.1, -0.05) is 25.8 Å². The van der Waals surface area contributed by atoms with E-state index in [1.807, 2.05) is 68.4 Å². The number of nitrogens with zero attached hydrogens (tertiary/aromatic N) is 2. The zero-order valence-electron chi connectivity index (χ0n) is 22.2. The Morgan fingerprint density at radius 2 is 1.80 bits per heavy atom. The highest BCUT2D eigenvalue weighted by atomic mass is 32.2. The number of thioether (sulfide) groups is 1. The Balaban J connectivity index is 1.21. The summed E-state index contributed by atoms with van der Waals surface area (Å²) in [6.07, 6.45) is 4.89. The first kappa shape index (κ1) is 26.3. The molecule has 0 bridgehead atoms. The number of carbonyl (C=O) groups excluding carboxylic acids is 1. The van der Waals surface area contributed by atoms with Gasteiger partial charge in [-0.2, -0.15) is 0 Å². The van der Waals surface area contributed by atoms with Gasteiger partial charge in [0, 0.05) is 63.1 Å². The van der Waals surface area contributed by atoms with E-state index in [9.17, 15) is 13.6 Å². The highest BCUT2D eigenvalue weighted by Crippen LogP contribution is 2.46. The third-order valence-electron chi connectivity index (χ3n) is 7.88. The van der Waals surface area contributed by atoms with E-state index in [4.69, 9.17) is 0 Å². The van der Waals surface area contributed by atoms with Gasteiger partial charge >= 0.3 is 0 Å². The summed E-state index contributed by atoms with van der Waals surface area (Å²) < 4.78 is 26.3. The molecule has 0 radical (unpaired) electrons. The molecule has 1 saturated carbocycles. The molecule has 0 saturated heterocycles. The number of alkyl halides is 2. The minimum absolute atomic E-state index is 0.0280. The highest BCUT2D eigenvalue weighted by Gasteiger charge is 2.45. The second kappa shape index (κ2) is 10.2. The van der Waals surface area contributed by atoms with Crippen LogP contribution in [0.4, 0.5) is 26.0 Å². The van der Waals surface area contributed by atoms with Gasteiger partial charge in [-0.25, -0.2) is 18.7 Å². The molecule has 6 rings (SSSR count). The molecular formula is C32H28F2N4OS. The minimum Gasteiger partial charge on any atom is -0.340 e. The summed E-state index contributed by atoms with van der Waals surface area (Å²) in [6, 6.07) is 17.5. The maximum absolute atomic E-state index is 13.1. The van der Waals surface area contributed by atoms with Gasteiger partial charge in [0.25, 0.3) is 0 Å². The van der Waals surface area contributed by atoms with Crippen LogP contribution >= 0.6 is 11.8 Å². The van der Waals surface area contributed by atoms with Crippen molar-refractivity contribution in [2.45, 2.75) is 61.0 Å². The van der Waals surface area contributed by atoms with Crippen LogP contribution < -0.4 is 10.6 Å². The van der Waals surface area contributed by atoms with Gasteiger partial charge in [0.15, 0.2) is 0 Å². The zero-order chi connectivity index (χ0) is 27.9. The predicted molar refractivity (Wildman–Crippen MR) is 156 cm³/mol. The molecule has 0 atom stereocenters. The molecule has 0 unspecified atom stereocenters. The average molecular weight is 555 g/mol. The first-order valence-electron chi connectivity index (χ1n) is 13.4. The number of aromatic nitrogens is 2. The van der Waals surface area contributed by atoms with Crippen molar-refractivity contribution >= 4 is 45.6 Å². The molecule has 2 aromatic heterocycles. The van der Waals surface area contributed by atoms with Crippen molar-refractivity contribution in [3.05, 3.63) is 83.8 Å². The average Bonchev–Trinajstić information content (AvgIpc) is 3.22. The number of nitrogens with one attached hydrogen (secondary N) is 2. The highest BCUT2D eigenvalue weighted by molar-refractivity contribution is 8.00. The van der Waals surface area contributed by atoms with Gasteiger partial charge < -0.3 is 10.6 Å². The molecule has 40 heavy (non-hydrogen) atoms. The number of pyridine rings is 2. The number of rotatable bonds is 6. The van der Waals surface area contributed by atoms with Crippen molar-refractivity contribution in [1.29, 1.82) is 0 Å². The van der Waals surface area contributed by atoms with E-state index in [1.165, 1.54) is 11.8 Å². The normalized spacial score (nSPS) is 16.9. The second-order valence-electron chi connectivity index (χ2n) is 10.4. The molecule has 202 valence electrons. The van der Waals surface area contributed by atoms with Crippen molar-refractivity contribution < 1.29 is 13.6 Å². The van der Waals surface area contributed by atoms with Crippen LogP contribution in [0.5, 0.6) is 0 Å². The fraction of sp³-hybridized carbons (Fsp3) is 0.281. The quantitative estimate of drug-likeness (QED) is 0.239. The van der Waals surface area contributed by atoms with E-state index in [-0.39, 0.29) is 24.0 Å². The Morgan fingerprint density at radius 3 is 2.52 bits per heavy atom. The summed E-state index contributed by atoms with van der Waals surface area (Å²) in [5.41, 5.74) is 3.68. The number of fused-ring (bicyclic) bond motifs is 2. The lowest BCUT2D eigenvalue weighted by Crippen LogP contribution is -2.37. The SMILES string of the molecule is CCC1(CC)C(=O)Nc2cc(C#Cc3nccc4cnc(Nc5ccc(SC6CC(F)(F)C6)cc5)cc34)ccc21. The number of hydrogen-bond acceptors (Lipinski definition) is 5. The van der Waals surface area contributed by atoms with E-state index < -0.39 is 11.3 Å². The molecular weight excluding hydrogens is 526 g/mol. The summed E-state index contributed by atoms with van der Waals surface area (Å²) >= 11 is 1.50. The second-order valence-corrected chi connectivity index (χ2v) is 11.7. The van der Waals surface area contributed by atoms with Gasteiger partial charge in [-0.3, -0.25) is 4.79 Å². The molecule has 8 heteroatoms. The lowest BCUT2D eigenvalue weighted by Gasteiger charge is -2.34. The van der Waals surface area contributed by atoms with Crippen LogP contribution in [0.2, 0.25) is 0 Å². The Kier molecular flexibility index (Phi) is 6.71. The number of carbonyl (C=O) groups is 1. The molecule has 5 nitrogen and oxygen atoms in total. The standard InChI is InChI=1S/C32H28F2N4OS/c1-3-31(4-2)26-11-5-20(15-28(26)38-30(31)39)6-12-27-25-16-29(36-19-21(25)13-14-35-27)37-22-7-9-23(10-8-22)40-24-17-32(33,34)18-24/h5,7-11,13-16,19,24H,3-4,17-18H2,1-2H3,(H,36,37)(H,38,39). The Bertz CT molecular complexity index is 1660. The molecule has 1 amide bonds. The van der Waals surface area contributed by atoms with Crippen molar-refractivity contribution in [3.63, 3.8) is 0 Å². The number of hydrogen-bond donors (Lipinski definition) is 2. The molecule has 4 aromatic rings. The Morgan fingerprint density at radius 1 is 1.02 bits per heavy atom. The smallest absolute Gasteiger partial charge is 0.250 e. The summed E-state index contributed by atoms with van der Waals surface area (Å²) in [6.45, 7) is 4.10. The third-order valence-corrected chi connectivity index (χ3v) is 9.09. The van der Waals surface area contributed by atoms with Gasteiger partial charge in [-0.15, -0.1) is 11.8 Å². The molecule has 1 fully saturated rings. The molecule has 2 aliphatic rings. The van der Waals surface area contributed by atoms with Gasteiger partial charge in [-0.05, 0) is 72.9 Å².